The maximum atomic E-state index is 11.4. The topological polar surface area (TPSA) is 65.3 Å². The van der Waals surface area contributed by atoms with E-state index in [1.165, 1.54) is 17.1 Å². The molecule has 0 saturated heterocycles. The lowest BCUT2D eigenvalue weighted by atomic mass is 9.87. The molecule has 1 atom stereocenters. The molecule has 2 N–H and O–H groups in total. The number of aromatic nitrogens is 2. The van der Waals surface area contributed by atoms with Crippen molar-refractivity contribution in [1.82, 2.24) is 0 Å². The van der Waals surface area contributed by atoms with Gasteiger partial charge >= 0.3 is 7.60 Å². The molecule has 0 aliphatic heterocycles. The van der Waals surface area contributed by atoms with Crippen molar-refractivity contribution in [2.45, 2.75) is 38.9 Å². The van der Waals surface area contributed by atoms with E-state index in [-0.39, 0.29) is 30.2 Å². The van der Waals surface area contributed by atoms with Crippen LogP contribution in [0.1, 0.15) is 39.0 Å². The van der Waals surface area contributed by atoms with Crippen molar-refractivity contribution < 1.29 is 48.3 Å². The minimum Gasteiger partial charge on any atom is -1.00 e. The van der Waals surface area contributed by atoms with E-state index >= 15 is 0 Å². The van der Waals surface area contributed by atoms with Gasteiger partial charge in [0.15, 0.2) is 24.8 Å². The van der Waals surface area contributed by atoms with Crippen LogP contribution in [0.25, 0.3) is 16.8 Å². The Labute approximate surface area is 190 Å². The Bertz CT molecular complexity index is 997. The van der Waals surface area contributed by atoms with Crippen LogP contribution in [0.4, 0.5) is 0 Å². The van der Waals surface area contributed by atoms with Crippen molar-refractivity contribution in [1.29, 1.82) is 0 Å². The Hall–Kier alpha value is -1.75. The SMILES string of the molecule is CC([n+]1ccc(-c2cc[n+](-c3ccc(C(C)(C)C)cc3)cc2)cc1)P(=O)(O)O.[Cl-].[Cl-]. The monoisotopic (exact) mass is 468 g/mol. The number of hydrogen-bond acceptors (Lipinski definition) is 1. The Morgan fingerprint density at radius 2 is 1.23 bits per heavy atom. The third-order valence-electron chi connectivity index (χ3n) is 4.96. The largest absolute Gasteiger partial charge is 1.00 e. The summed E-state index contributed by atoms with van der Waals surface area (Å²) in [6.07, 6.45) is 7.43. The lowest BCUT2D eigenvalue weighted by Crippen LogP contribution is -3.00. The van der Waals surface area contributed by atoms with Gasteiger partial charge in [-0.05, 0) is 22.1 Å². The number of pyridine rings is 2. The minimum atomic E-state index is -4.16. The normalized spacial score (nSPS) is 12.5. The van der Waals surface area contributed by atoms with Gasteiger partial charge < -0.3 is 34.6 Å². The highest BCUT2D eigenvalue weighted by molar-refractivity contribution is 7.51. The van der Waals surface area contributed by atoms with E-state index in [0.717, 1.165) is 16.8 Å². The van der Waals surface area contributed by atoms with E-state index in [1.54, 1.807) is 12.4 Å². The average Bonchev–Trinajstić information content (AvgIpc) is 2.66. The highest BCUT2D eigenvalue weighted by atomic mass is 35.5. The molecule has 0 aliphatic carbocycles. The van der Waals surface area contributed by atoms with Gasteiger partial charge in [-0.15, -0.1) is 0 Å². The second kappa shape index (κ2) is 10.0. The van der Waals surface area contributed by atoms with Gasteiger partial charge in [-0.3, -0.25) is 4.57 Å². The van der Waals surface area contributed by atoms with Crippen molar-refractivity contribution in [3.8, 4) is 16.8 Å². The quantitative estimate of drug-likeness (QED) is 0.341. The second-order valence-corrected chi connectivity index (χ2v) is 9.97. The summed E-state index contributed by atoms with van der Waals surface area (Å²) in [6.45, 7) is 8.12. The predicted octanol–water partition coefficient (Wildman–Crippen LogP) is -2.08. The number of halogens is 2. The number of hydrogen-bond donors (Lipinski definition) is 2. The molecule has 30 heavy (non-hydrogen) atoms. The zero-order valence-corrected chi connectivity index (χ0v) is 19.8. The van der Waals surface area contributed by atoms with Gasteiger partial charge in [-0.1, -0.05) is 32.9 Å². The van der Waals surface area contributed by atoms with E-state index in [4.69, 9.17) is 0 Å². The molecule has 1 aromatic carbocycles. The van der Waals surface area contributed by atoms with Gasteiger partial charge in [0.2, 0.25) is 5.69 Å². The fourth-order valence-electron chi connectivity index (χ4n) is 2.98. The fourth-order valence-corrected chi connectivity index (χ4v) is 3.48. The molecule has 0 spiro atoms. The van der Waals surface area contributed by atoms with Gasteiger partial charge in [0.25, 0.3) is 5.78 Å². The van der Waals surface area contributed by atoms with E-state index in [2.05, 4.69) is 49.6 Å². The van der Waals surface area contributed by atoms with Crippen LogP contribution in [0.5, 0.6) is 0 Å². The first-order valence-electron chi connectivity index (χ1n) is 9.24. The van der Waals surface area contributed by atoms with Crippen LogP contribution in [-0.2, 0) is 9.98 Å². The zero-order valence-electron chi connectivity index (χ0n) is 17.4. The molecule has 3 aromatic rings. The first kappa shape index (κ1) is 26.3. The molecule has 5 nitrogen and oxygen atoms in total. The van der Waals surface area contributed by atoms with Crippen molar-refractivity contribution in [2.24, 2.45) is 0 Å². The molecule has 0 bridgehead atoms. The molecule has 0 saturated carbocycles. The summed E-state index contributed by atoms with van der Waals surface area (Å²) >= 11 is 0. The minimum absolute atomic E-state index is 0. The van der Waals surface area contributed by atoms with Crippen LogP contribution in [0.3, 0.4) is 0 Å². The molecule has 2 aromatic heterocycles. The Balaban J connectivity index is 0.00000225. The standard InChI is InChI=1S/C22H25N2O3P.2ClH/c1-17(28(25,26)27)23-13-9-18(10-14-23)19-11-15-24(16-12-19)21-7-5-20(6-8-21)22(2,3)4;;/h5-17H,1-4H3;2*1H. The number of rotatable bonds is 4. The molecule has 162 valence electrons. The number of nitrogens with zero attached hydrogens (tertiary/aromatic N) is 2. The molecule has 0 radical (unpaired) electrons. The zero-order chi connectivity index (χ0) is 20.5. The second-order valence-electron chi connectivity index (χ2n) is 8.05. The summed E-state index contributed by atoms with van der Waals surface area (Å²) in [4.78, 5) is 18.6. The maximum absolute atomic E-state index is 11.4. The highest BCUT2D eigenvalue weighted by Crippen LogP contribution is 2.45. The van der Waals surface area contributed by atoms with Gasteiger partial charge in [0.1, 0.15) is 0 Å². The van der Waals surface area contributed by atoms with Crippen LogP contribution in [0, 0.1) is 0 Å². The summed E-state index contributed by atoms with van der Waals surface area (Å²) in [6, 6.07) is 16.4. The van der Waals surface area contributed by atoms with Crippen molar-refractivity contribution in [3.63, 3.8) is 0 Å². The molecular weight excluding hydrogens is 442 g/mol. The summed E-state index contributed by atoms with van der Waals surface area (Å²) in [5, 5.41) is 0. The molecule has 0 fully saturated rings. The summed E-state index contributed by atoms with van der Waals surface area (Å²) < 4.78 is 15.0. The van der Waals surface area contributed by atoms with Crippen molar-refractivity contribution in [2.75, 3.05) is 0 Å². The smallest absolute Gasteiger partial charge is 0.392 e. The van der Waals surface area contributed by atoms with E-state index in [9.17, 15) is 14.4 Å². The summed E-state index contributed by atoms with van der Waals surface area (Å²) in [5.41, 5.74) is 4.56. The van der Waals surface area contributed by atoms with Crippen LogP contribution < -0.4 is 33.9 Å². The molecule has 8 heteroatoms. The molecule has 0 aliphatic rings. The third-order valence-corrected chi connectivity index (χ3v) is 6.21. The molecular formula is C22H27Cl2N2O3P. The Morgan fingerprint density at radius 3 is 1.63 bits per heavy atom. The summed E-state index contributed by atoms with van der Waals surface area (Å²) in [5.74, 6) is -0.879. The lowest BCUT2D eigenvalue weighted by molar-refractivity contribution is -0.701. The van der Waals surface area contributed by atoms with Gasteiger partial charge in [0.05, 0.1) is 0 Å². The van der Waals surface area contributed by atoms with Gasteiger partial charge in [-0.25, -0.2) is 0 Å². The average molecular weight is 469 g/mol. The van der Waals surface area contributed by atoms with Crippen molar-refractivity contribution >= 4 is 7.60 Å². The third kappa shape index (κ3) is 6.13. The maximum Gasteiger partial charge on any atom is 0.392 e. The first-order valence-corrected chi connectivity index (χ1v) is 10.9. The van der Waals surface area contributed by atoms with E-state index in [1.807, 2.05) is 36.7 Å². The Morgan fingerprint density at radius 1 is 0.800 bits per heavy atom. The van der Waals surface area contributed by atoms with E-state index in [0.29, 0.717) is 0 Å². The molecule has 0 amide bonds. The van der Waals surface area contributed by atoms with E-state index < -0.39 is 13.4 Å². The predicted molar refractivity (Wildman–Crippen MR) is 109 cm³/mol. The fraction of sp³-hybridized carbons (Fsp3) is 0.273. The Kier molecular flexibility index (Phi) is 8.80. The molecule has 2 heterocycles. The molecule has 1 unspecified atom stereocenters. The van der Waals surface area contributed by atoms with Gasteiger partial charge in [0, 0.05) is 43.3 Å². The van der Waals surface area contributed by atoms with Gasteiger partial charge in [-0.2, -0.15) is 9.13 Å². The lowest BCUT2D eigenvalue weighted by Gasteiger charge is -2.18. The van der Waals surface area contributed by atoms with Crippen LogP contribution >= 0.6 is 7.60 Å². The van der Waals surface area contributed by atoms with Crippen LogP contribution in [-0.4, -0.2) is 9.79 Å². The summed E-state index contributed by atoms with van der Waals surface area (Å²) in [7, 11) is -4.16. The van der Waals surface area contributed by atoms with Crippen LogP contribution in [0.15, 0.2) is 73.3 Å². The highest BCUT2D eigenvalue weighted by Gasteiger charge is 2.32. The van der Waals surface area contributed by atoms with Crippen molar-refractivity contribution in [3.05, 3.63) is 78.9 Å². The number of benzene rings is 1. The van der Waals surface area contributed by atoms with Crippen LogP contribution in [0.2, 0.25) is 0 Å². The first-order chi connectivity index (χ1) is 13.1. The molecule has 3 rings (SSSR count).